The first-order valence-electron chi connectivity index (χ1n) is 11.3. The number of nitrogens with zero attached hydrogens (tertiary/aromatic N) is 2. The van der Waals surface area contributed by atoms with Crippen LogP contribution >= 0.6 is 0 Å². The second-order valence-corrected chi connectivity index (χ2v) is 10.3. The number of carbonyl (C=O) groups excluding carboxylic acids is 1. The van der Waals surface area contributed by atoms with Crippen LogP contribution in [0.3, 0.4) is 0 Å². The quantitative estimate of drug-likeness (QED) is 0.577. The van der Waals surface area contributed by atoms with Crippen LogP contribution in [0, 0.1) is 24.2 Å². The van der Waals surface area contributed by atoms with Crippen molar-refractivity contribution in [2.45, 2.75) is 59.1 Å². The number of hydrogen-bond acceptors (Lipinski definition) is 3. The van der Waals surface area contributed by atoms with Gasteiger partial charge in [-0.05, 0) is 69.4 Å². The van der Waals surface area contributed by atoms with E-state index >= 15 is 0 Å². The van der Waals surface area contributed by atoms with Gasteiger partial charge < -0.3 is 10.4 Å². The Kier molecular flexibility index (Phi) is 5.90. The fourth-order valence-corrected chi connectivity index (χ4v) is 4.28. The Hall–Kier alpha value is -3.36. The molecule has 0 saturated carbocycles. The van der Waals surface area contributed by atoms with Crippen LogP contribution in [0.5, 0.6) is 0 Å². The number of fused-ring (bicyclic) bond motifs is 1. The minimum Gasteiger partial charge on any atom is -0.378 e. The standard InChI is InChI=1S/C28H31N3O2/c1-19-9-11-22(12-10-19)31-25-17-27(2,3)16-24(23(25)18-29-31)30-26(32)21-8-6-7-20(15-21)13-14-28(4,5)33/h6-12,15,18,24,33H,16-17H2,1-5H3,(H,30,32)/t24-/m0/s1. The zero-order valence-corrected chi connectivity index (χ0v) is 19.9. The van der Waals surface area contributed by atoms with Gasteiger partial charge in [-0.3, -0.25) is 4.79 Å². The monoisotopic (exact) mass is 441 g/mol. The molecule has 0 radical (unpaired) electrons. The first kappa shape index (κ1) is 22.8. The molecule has 170 valence electrons. The molecule has 4 rings (SSSR count). The maximum Gasteiger partial charge on any atom is 0.251 e. The van der Waals surface area contributed by atoms with Gasteiger partial charge in [0, 0.05) is 16.7 Å². The number of benzene rings is 2. The smallest absolute Gasteiger partial charge is 0.251 e. The predicted octanol–water partition coefficient (Wildman–Crippen LogP) is 4.75. The lowest BCUT2D eigenvalue weighted by atomic mass is 9.74. The predicted molar refractivity (Wildman–Crippen MR) is 130 cm³/mol. The van der Waals surface area contributed by atoms with E-state index in [9.17, 15) is 9.90 Å². The van der Waals surface area contributed by atoms with Gasteiger partial charge in [0.25, 0.3) is 5.91 Å². The summed E-state index contributed by atoms with van der Waals surface area (Å²) in [5.74, 6) is 5.60. The first-order chi connectivity index (χ1) is 15.5. The molecule has 0 spiro atoms. The van der Waals surface area contributed by atoms with Gasteiger partial charge in [-0.2, -0.15) is 5.10 Å². The average Bonchev–Trinajstić information content (AvgIpc) is 3.15. The molecule has 0 fully saturated rings. The van der Waals surface area contributed by atoms with E-state index in [2.05, 4.69) is 67.3 Å². The molecule has 0 unspecified atom stereocenters. The third-order valence-corrected chi connectivity index (χ3v) is 5.90. The van der Waals surface area contributed by atoms with Gasteiger partial charge in [-0.25, -0.2) is 4.68 Å². The Labute approximate surface area is 195 Å². The van der Waals surface area contributed by atoms with Crippen LogP contribution in [0.15, 0.2) is 54.7 Å². The van der Waals surface area contributed by atoms with Gasteiger partial charge in [-0.15, -0.1) is 0 Å². The van der Waals surface area contributed by atoms with E-state index in [1.807, 2.05) is 23.0 Å². The number of hydrogen-bond donors (Lipinski definition) is 2. The van der Waals surface area contributed by atoms with E-state index in [0.717, 1.165) is 29.8 Å². The molecule has 3 aromatic rings. The maximum atomic E-state index is 13.2. The van der Waals surface area contributed by atoms with Crippen molar-refractivity contribution in [3.8, 4) is 17.5 Å². The summed E-state index contributed by atoms with van der Waals surface area (Å²) in [6.07, 6.45) is 3.62. The van der Waals surface area contributed by atoms with Crippen molar-refractivity contribution in [2.24, 2.45) is 5.41 Å². The van der Waals surface area contributed by atoms with Crippen molar-refractivity contribution >= 4 is 5.91 Å². The zero-order valence-electron chi connectivity index (χ0n) is 19.9. The third-order valence-electron chi connectivity index (χ3n) is 5.90. The van der Waals surface area contributed by atoms with Crippen LogP contribution in [-0.2, 0) is 6.42 Å². The Morgan fingerprint density at radius 2 is 1.94 bits per heavy atom. The lowest BCUT2D eigenvalue weighted by Crippen LogP contribution is -2.36. The van der Waals surface area contributed by atoms with Crippen LogP contribution in [0.2, 0.25) is 0 Å². The van der Waals surface area contributed by atoms with Gasteiger partial charge in [-0.1, -0.05) is 49.5 Å². The zero-order chi connectivity index (χ0) is 23.8. The minimum atomic E-state index is -1.08. The molecule has 1 amide bonds. The molecule has 5 heteroatoms. The van der Waals surface area contributed by atoms with Crippen LogP contribution in [-0.4, -0.2) is 26.4 Å². The number of aryl methyl sites for hydroxylation is 1. The van der Waals surface area contributed by atoms with Crippen molar-refractivity contribution in [3.05, 3.63) is 82.7 Å². The molecule has 0 saturated heterocycles. The summed E-state index contributed by atoms with van der Waals surface area (Å²) >= 11 is 0. The van der Waals surface area contributed by atoms with Gasteiger partial charge >= 0.3 is 0 Å². The fraction of sp³-hybridized carbons (Fsp3) is 0.357. The molecular weight excluding hydrogens is 410 g/mol. The largest absolute Gasteiger partial charge is 0.378 e. The normalized spacial score (nSPS) is 17.0. The first-order valence-corrected chi connectivity index (χ1v) is 11.3. The topological polar surface area (TPSA) is 67.2 Å². The second kappa shape index (κ2) is 8.53. The highest BCUT2D eigenvalue weighted by atomic mass is 16.3. The molecule has 0 aliphatic heterocycles. The minimum absolute atomic E-state index is 0.0213. The van der Waals surface area contributed by atoms with Gasteiger partial charge in [0.1, 0.15) is 5.60 Å². The van der Waals surface area contributed by atoms with Crippen molar-refractivity contribution in [2.75, 3.05) is 0 Å². The van der Waals surface area contributed by atoms with Crippen molar-refractivity contribution in [1.29, 1.82) is 0 Å². The highest BCUT2D eigenvalue weighted by molar-refractivity contribution is 5.94. The second-order valence-electron chi connectivity index (χ2n) is 10.3. The molecule has 1 atom stereocenters. The molecule has 2 N–H and O–H groups in total. The Balaban J connectivity index is 1.61. The van der Waals surface area contributed by atoms with E-state index in [0.29, 0.717) is 11.1 Å². The van der Waals surface area contributed by atoms with Crippen LogP contribution < -0.4 is 5.32 Å². The van der Waals surface area contributed by atoms with Crippen molar-refractivity contribution < 1.29 is 9.90 Å². The summed E-state index contributed by atoms with van der Waals surface area (Å²) in [6.45, 7) is 9.80. The van der Waals surface area contributed by atoms with Crippen LogP contribution in [0.4, 0.5) is 0 Å². The number of aliphatic hydroxyl groups is 1. The SMILES string of the molecule is Cc1ccc(-n2ncc3c2CC(C)(C)C[C@@H]3NC(=O)c2cccc(C#CC(C)(C)O)c2)cc1. The highest BCUT2D eigenvalue weighted by Gasteiger charge is 2.36. The maximum absolute atomic E-state index is 13.2. The number of nitrogens with one attached hydrogen (secondary N) is 1. The summed E-state index contributed by atoms with van der Waals surface area (Å²) in [7, 11) is 0. The summed E-state index contributed by atoms with van der Waals surface area (Å²) in [4.78, 5) is 13.2. The Morgan fingerprint density at radius 1 is 1.21 bits per heavy atom. The Bertz CT molecular complexity index is 1230. The number of carbonyl (C=O) groups is 1. The molecule has 33 heavy (non-hydrogen) atoms. The van der Waals surface area contributed by atoms with Gasteiger partial charge in [0.05, 0.1) is 23.6 Å². The highest BCUT2D eigenvalue weighted by Crippen LogP contribution is 2.41. The summed E-state index contributed by atoms with van der Waals surface area (Å²) < 4.78 is 2.00. The summed E-state index contributed by atoms with van der Waals surface area (Å²) in [5.41, 5.74) is 4.64. The molecule has 5 nitrogen and oxygen atoms in total. The summed E-state index contributed by atoms with van der Waals surface area (Å²) in [6, 6.07) is 15.4. The van der Waals surface area contributed by atoms with E-state index in [-0.39, 0.29) is 17.4 Å². The van der Waals surface area contributed by atoms with Crippen LogP contribution in [0.25, 0.3) is 5.69 Å². The van der Waals surface area contributed by atoms with E-state index in [1.54, 1.807) is 26.0 Å². The molecular formula is C28H31N3O2. The van der Waals surface area contributed by atoms with E-state index in [1.165, 1.54) is 5.56 Å². The molecule has 2 aromatic carbocycles. The van der Waals surface area contributed by atoms with Crippen LogP contribution in [0.1, 0.15) is 72.9 Å². The molecule has 1 aromatic heterocycles. The molecule has 1 aliphatic rings. The number of rotatable bonds is 3. The summed E-state index contributed by atoms with van der Waals surface area (Å²) in [5, 5.41) is 17.8. The third kappa shape index (κ3) is 5.35. The average molecular weight is 442 g/mol. The molecule has 1 heterocycles. The van der Waals surface area contributed by atoms with Crippen molar-refractivity contribution in [1.82, 2.24) is 15.1 Å². The van der Waals surface area contributed by atoms with Gasteiger partial charge in [0.2, 0.25) is 0 Å². The lowest BCUT2D eigenvalue weighted by molar-refractivity contribution is 0.0919. The lowest BCUT2D eigenvalue weighted by Gasteiger charge is -2.36. The molecule has 0 bridgehead atoms. The van der Waals surface area contributed by atoms with E-state index in [4.69, 9.17) is 0 Å². The molecule has 1 aliphatic carbocycles. The van der Waals surface area contributed by atoms with Gasteiger partial charge in [0.15, 0.2) is 0 Å². The fourth-order valence-electron chi connectivity index (χ4n) is 4.28. The number of aromatic nitrogens is 2. The Morgan fingerprint density at radius 3 is 2.64 bits per heavy atom. The van der Waals surface area contributed by atoms with E-state index < -0.39 is 5.60 Å². The van der Waals surface area contributed by atoms with Crippen molar-refractivity contribution in [3.63, 3.8) is 0 Å². The number of amides is 1.